The number of anilines is 1. The molecule has 47 heavy (non-hydrogen) atoms. The molecule has 1 saturated carbocycles. The van der Waals surface area contributed by atoms with Crippen LogP contribution in [0.2, 0.25) is 0 Å². The van der Waals surface area contributed by atoms with Gasteiger partial charge in [-0.2, -0.15) is 0 Å². The number of halogens is 1. The summed E-state index contributed by atoms with van der Waals surface area (Å²) in [7, 11) is -2.65. The molecule has 2 amide bonds. The normalized spacial score (nSPS) is 13.9. The number of nitrogens with zero attached hydrogens (tertiary/aromatic N) is 2. The molecule has 0 heterocycles. The summed E-state index contributed by atoms with van der Waals surface area (Å²) in [4.78, 5) is 30.4. The fourth-order valence-corrected chi connectivity index (χ4v) is 7.73. The molecular formula is C37H40BrN3O5S. The molecule has 10 heteroatoms. The van der Waals surface area contributed by atoms with Crippen molar-refractivity contribution < 1.29 is 22.7 Å². The third kappa shape index (κ3) is 8.81. The number of nitrogens with one attached hydrogen (secondary N) is 1. The van der Waals surface area contributed by atoms with Gasteiger partial charge in [-0.05, 0) is 79.4 Å². The predicted octanol–water partition coefficient (Wildman–Crippen LogP) is 6.66. The largest absolute Gasteiger partial charge is 0.497 e. The van der Waals surface area contributed by atoms with Gasteiger partial charge < -0.3 is 15.0 Å². The van der Waals surface area contributed by atoms with E-state index >= 15 is 0 Å². The van der Waals surface area contributed by atoms with Crippen molar-refractivity contribution >= 4 is 43.5 Å². The summed E-state index contributed by atoms with van der Waals surface area (Å²) in [5, 5.41) is 3.20. The van der Waals surface area contributed by atoms with Gasteiger partial charge in [-0.15, -0.1) is 0 Å². The molecule has 0 aliphatic heterocycles. The Bertz CT molecular complexity index is 1760. The first-order valence-corrected chi connectivity index (χ1v) is 18.0. The van der Waals surface area contributed by atoms with Gasteiger partial charge in [0.05, 0.1) is 17.7 Å². The van der Waals surface area contributed by atoms with Crippen molar-refractivity contribution in [3.63, 3.8) is 0 Å². The van der Waals surface area contributed by atoms with E-state index in [1.807, 2.05) is 61.5 Å². The van der Waals surface area contributed by atoms with Gasteiger partial charge >= 0.3 is 0 Å². The number of aryl methyl sites for hydroxylation is 1. The maximum Gasteiger partial charge on any atom is 0.264 e. The van der Waals surface area contributed by atoms with E-state index in [4.69, 9.17) is 4.74 Å². The van der Waals surface area contributed by atoms with Gasteiger partial charge in [0, 0.05) is 23.5 Å². The molecule has 4 aromatic rings. The molecule has 0 unspecified atom stereocenters. The minimum Gasteiger partial charge on any atom is -0.497 e. The predicted molar refractivity (Wildman–Crippen MR) is 188 cm³/mol. The van der Waals surface area contributed by atoms with Gasteiger partial charge in [0.2, 0.25) is 11.8 Å². The van der Waals surface area contributed by atoms with Crippen LogP contribution in [-0.4, -0.2) is 50.9 Å². The Morgan fingerprint density at radius 2 is 1.55 bits per heavy atom. The molecule has 1 N–H and O–H groups in total. The fraction of sp³-hybridized carbons (Fsp3) is 0.297. The van der Waals surface area contributed by atoms with E-state index in [-0.39, 0.29) is 29.8 Å². The zero-order valence-electron chi connectivity index (χ0n) is 26.6. The molecule has 8 nitrogen and oxygen atoms in total. The Morgan fingerprint density at radius 3 is 2.19 bits per heavy atom. The van der Waals surface area contributed by atoms with Crippen molar-refractivity contribution in [3.05, 3.63) is 124 Å². The van der Waals surface area contributed by atoms with Crippen molar-refractivity contribution in [3.8, 4) is 5.75 Å². The van der Waals surface area contributed by atoms with Crippen LogP contribution in [0, 0.1) is 6.92 Å². The average molecular weight is 719 g/mol. The van der Waals surface area contributed by atoms with Crippen LogP contribution in [0.15, 0.2) is 112 Å². The summed E-state index contributed by atoms with van der Waals surface area (Å²) in [6, 6.07) is 29.4. The second-order valence-corrected chi connectivity index (χ2v) is 14.6. The maximum absolute atomic E-state index is 14.6. The van der Waals surface area contributed by atoms with Crippen LogP contribution in [0.4, 0.5) is 5.69 Å². The van der Waals surface area contributed by atoms with E-state index < -0.39 is 28.5 Å². The molecular weight excluding hydrogens is 678 g/mol. The number of hydrogen-bond acceptors (Lipinski definition) is 5. The molecule has 1 aliphatic carbocycles. The van der Waals surface area contributed by atoms with Gasteiger partial charge in [-0.3, -0.25) is 13.9 Å². The van der Waals surface area contributed by atoms with Crippen molar-refractivity contribution in [2.75, 3.05) is 18.0 Å². The molecule has 246 valence electrons. The van der Waals surface area contributed by atoms with Crippen molar-refractivity contribution in [1.29, 1.82) is 0 Å². The Hall–Kier alpha value is -4.15. The lowest BCUT2D eigenvalue weighted by molar-refractivity contribution is -0.140. The van der Waals surface area contributed by atoms with E-state index in [2.05, 4.69) is 21.2 Å². The van der Waals surface area contributed by atoms with Crippen LogP contribution >= 0.6 is 15.9 Å². The first-order valence-electron chi connectivity index (χ1n) is 15.8. The summed E-state index contributed by atoms with van der Waals surface area (Å²) in [6.45, 7) is 1.47. The SMILES string of the molecule is COc1ccc(N(CC(=O)N(Cc2cccc(Br)c2)[C@H](Cc2ccccc2)C(=O)NC2CCCC2)S(=O)(=O)c2ccc(C)cc2)cc1. The number of hydrogen-bond donors (Lipinski definition) is 1. The minimum absolute atomic E-state index is 0.0429. The molecule has 0 saturated heterocycles. The van der Waals surface area contributed by atoms with E-state index in [0.29, 0.717) is 11.4 Å². The van der Waals surface area contributed by atoms with Crippen molar-refractivity contribution in [2.45, 2.75) is 62.6 Å². The molecule has 0 bridgehead atoms. The molecule has 5 rings (SSSR count). The number of ether oxygens (including phenoxy) is 1. The average Bonchev–Trinajstić information content (AvgIpc) is 3.59. The highest BCUT2D eigenvalue weighted by Crippen LogP contribution is 2.28. The van der Waals surface area contributed by atoms with Crippen LogP contribution in [0.5, 0.6) is 5.75 Å². The van der Waals surface area contributed by atoms with E-state index in [1.165, 1.54) is 24.1 Å². The standard InChI is InChI=1S/C37H40BrN3O5S/c1-27-15-21-34(22-16-27)47(44,45)41(32-17-19-33(46-2)20-18-32)26-36(42)40(25-29-11-8-12-30(38)23-29)35(24-28-9-4-3-5-10-28)37(43)39-31-13-6-7-14-31/h3-5,8-12,15-23,31,35H,6-7,13-14,24-26H2,1-2H3,(H,39,43)/t35-/m1/s1. The maximum atomic E-state index is 14.6. The van der Waals surface area contributed by atoms with Crippen LogP contribution in [0.3, 0.4) is 0 Å². The monoisotopic (exact) mass is 717 g/mol. The fourth-order valence-electron chi connectivity index (χ4n) is 5.87. The first-order chi connectivity index (χ1) is 22.6. The zero-order chi connectivity index (χ0) is 33.4. The number of benzene rings is 4. The van der Waals surface area contributed by atoms with Crippen LogP contribution in [-0.2, 0) is 32.6 Å². The molecule has 1 atom stereocenters. The summed E-state index contributed by atoms with van der Waals surface area (Å²) in [6.07, 6.45) is 4.14. The topological polar surface area (TPSA) is 96.0 Å². The highest BCUT2D eigenvalue weighted by atomic mass is 79.9. The van der Waals surface area contributed by atoms with Crippen LogP contribution in [0.25, 0.3) is 0 Å². The zero-order valence-corrected chi connectivity index (χ0v) is 29.0. The first kappa shape index (κ1) is 34.2. The number of amides is 2. The molecule has 1 aliphatic rings. The number of carbonyl (C=O) groups is 2. The summed E-state index contributed by atoms with van der Waals surface area (Å²) in [5.74, 6) is -0.198. The summed E-state index contributed by atoms with van der Waals surface area (Å²) >= 11 is 3.53. The Morgan fingerprint density at radius 1 is 0.894 bits per heavy atom. The summed E-state index contributed by atoms with van der Waals surface area (Å²) < 4.78 is 35.7. The molecule has 0 spiro atoms. The van der Waals surface area contributed by atoms with Gasteiger partial charge in [0.1, 0.15) is 18.3 Å². The lowest BCUT2D eigenvalue weighted by Gasteiger charge is -2.34. The second-order valence-electron chi connectivity index (χ2n) is 11.9. The molecule has 0 radical (unpaired) electrons. The quantitative estimate of drug-likeness (QED) is 0.167. The van der Waals surface area contributed by atoms with E-state index in [1.54, 1.807) is 36.4 Å². The minimum atomic E-state index is -4.19. The molecule has 4 aromatic carbocycles. The molecule has 0 aromatic heterocycles. The van der Waals surface area contributed by atoms with Crippen LogP contribution in [0.1, 0.15) is 42.4 Å². The van der Waals surface area contributed by atoms with Gasteiger partial charge in [0.15, 0.2) is 0 Å². The Balaban J connectivity index is 1.56. The van der Waals surface area contributed by atoms with Gasteiger partial charge in [-0.25, -0.2) is 8.42 Å². The van der Waals surface area contributed by atoms with Gasteiger partial charge in [-0.1, -0.05) is 88.9 Å². The van der Waals surface area contributed by atoms with E-state index in [9.17, 15) is 18.0 Å². The van der Waals surface area contributed by atoms with Crippen LogP contribution < -0.4 is 14.4 Å². The number of sulfonamides is 1. The number of methoxy groups -OCH3 is 1. The van der Waals surface area contributed by atoms with Crippen molar-refractivity contribution in [2.24, 2.45) is 0 Å². The third-order valence-corrected chi connectivity index (χ3v) is 10.7. The lowest BCUT2D eigenvalue weighted by Crippen LogP contribution is -2.54. The number of carbonyl (C=O) groups excluding carboxylic acids is 2. The van der Waals surface area contributed by atoms with Gasteiger partial charge in [0.25, 0.3) is 10.0 Å². The Labute approximate surface area is 285 Å². The van der Waals surface area contributed by atoms with E-state index in [0.717, 1.165) is 51.2 Å². The second kappa shape index (κ2) is 15.6. The highest BCUT2D eigenvalue weighted by molar-refractivity contribution is 9.10. The summed E-state index contributed by atoms with van der Waals surface area (Å²) in [5.41, 5.74) is 2.91. The third-order valence-electron chi connectivity index (χ3n) is 8.46. The van der Waals surface area contributed by atoms with Crippen molar-refractivity contribution in [1.82, 2.24) is 10.2 Å². The lowest BCUT2D eigenvalue weighted by atomic mass is 10.0. The number of rotatable bonds is 13. The Kier molecular flexibility index (Phi) is 11.4. The molecule has 1 fully saturated rings. The smallest absolute Gasteiger partial charge is 0.264 e. The highest BCUT2D eigenvalue weighted by Gasteiger charge is 2.35.